The zero-order valence-corrected chi connectivity index (χ0v) is 10.3. The first-order chi connectivity index (χ1) is 7.20. The quantitative estimate of drug-likeness (QED) is 0.478. The van der Waals surface area contributed by atoms with Gasteiger partial charge in [0.1, 0.15) is 5.69 Å². The van der Waals surface area contributed by atoms with E-state index >= 15 is 0 Å². The van der Waals surface area contributed by atoms with Gasteiger partial charge >= 0.3 is 0 Å². The summed E-state index contributed by atoms with van der Waals surface area (Å²) in [6.07, 6.45) is 2.25. The summed E-state index contributed by atoms with van der Waals surface area (Å²) in [4.78, 5) is 12.7. The molecule has 0 N–H and O–H groups in total. The lowest BCUT2D eigenvalue weighted by Crippen LogP contribution is -2.20. The van der Waals surface area contributed by atoms with E-state index in [0.29, 0.717) is 0 Å². The summed E-state index contributed by atoms with van der Waals surface area (Å²) in [5.74, 6) is 0. The standard InChI is InChI=1S/C10H11IN2O2/c11-8-4-3-5-9(13(14)15)10(8)12-6-1-2-7-12/h3-5H,1-2,6-7H2. The topological polar surface area (TPSA) is 46.4 Å². The van der Waals surface area contributed by atoms with E-state index in [4.69, 9.17) is 0 Å². The minimum absolute atomic E-state index is 0.226. The molecule has 0 radical (unpaired) electrons. The molecule has 1 saturated heterocycles. The lowest BCUT2D eigenvalue weighted by atomic mass is 10.2. The average molecular weight is 318 g/mol. The normalized spacial score (nSPS) is 15.7. The molecule has 0 aliphatic carbocycles. The zero-order valence-electron chi connectivity index (χ0n) is 8.15. The molecule has 1 aromatic rings. The van der Waals surface area contributed by atoms with Crippen LogP contribution in [0.25, 0.3) is 0 Å². The van der Waals surface area contributed by atoms with Crippen molar-refractivity contribution in [2.24, 2.45) is 0 Å². The van der Waals surface area contributed by atoms with Gasteiger partial charge in [0.25, 0.3) is 5.69 Å². The Bertz CT molecular complexity index is 389. The fourth-order valence-electron chi connectivity index (χ4n) is 1.91. The first-order valence-corrected chi connectivity index (χ1v) is 5.96. The van der Waals surface area contributed by atoms with Crippen molar-refractivity contribution in [2.45, 2.75) is 12.8 Å². The minimum atomic E-state index is -0.296. The van der Waals surface area contributed by atoms with E-state index in [2.05, 4.69) is 27.5 Å². The van der Waals surface area contributed by atoms with Gasteiger partial charge in [0.2, 0.25) is 0 Å². The van der Waals surface area contributed by atoms with Crippen molar-refractivity contribution in [3.8, 4) is 0 Å². The van der Waals surface area contributed by atoms with Crippen molar-refractivity contribution in [2.75, 3.05) is 18.0 Å². The van der Waals surface area contributed by atoms with Gasteiger partial charge < -0.3 is 4.90 Å². The molecule has 0 amide bonds. The average Bonchev–Trinajstić information content (AvgIpc) is 2.70. The molecule has 1 aromatic carbocycles. The van der Waals surface area contributed by atoms with Gasteiger partial charge in [-0.2, -0.15) is 0 Å². The Hall–Kier alpha value is -0.850. The first kappa shape index (κ1) is 10.7. The van der Waals surface area contributed by atoms with Crippen molar-refractivity contribution in [3.63, 3.8) is 0 Å². The van der Waals surface area contributed by atoms with E-state index in [1.54, 1.807) is 12.1 Å². The van der Waals surface area contributed by atoms with Crippen LogP contribution in [-0.2, 0) is 0 Å². The third-order valence-electron chi connectivity index (χ3n) is 2.58. The predicted octanol–water partition coefficient (Wildman–Crippen LogP) is 2.80. The summed E-state index contributed by atoms with van der Waals surface area (Å²) in [5.41, 5.74) is 1.02. The van der Waals surface area contributed by atoms with E-state index in [1.807, 2.05) is 6.07 Å². The van der Waals surface area contributed by atoms with Crippen molar-refractivity contribution in [3.05, 3.63) is 31.9 Å². The molecule has 80 valence electrons. The van der Waals surface area contributed by atoms with Gasteiger partial charge in [0.15, 0.2) is 0 Å². The van der Waals surface area contributed by atoms with Crippen molar-refractivity contribution in [1.82, 2.24) is 0 Å². The molecule has 1 heterocycles. The van der Waals surface area contributed by atoms with Gasteiger partial charge in [-0.15, -0.1) is 0 Å². The Balaban J connectivity index is 2.46. The summed E-state index contributed by atoms with van der Waals surface area (Å²) in [6.45, 7) is 1.86. The van der Waals surface area contributed by atoms with Crippen LogP contribution in [0.4, 0.5) is 11.4 Å². The number of halogens is 1. The van der Waals surface area contributed by atoms with Crippen LogP contribution in [0.2, 0.25) is 0 Å². The number of benzene rings is 1. The molecule has 0 spiro atoms. The van der Waals surface area contributed by atoms with E-state index in [-0.39, 0.29) is 10.6 Å². The molecule has 0 aromatic heterocycles. The summed E-state index contributed by atoms with van der Waals surface area (Å²) < 4.78 is 0.962. The zero-order chi connectivity index (χ0) is 10.8. The van der Waals surface area contributed by atoms with E-state index in [1.165, 1.54) is 0 Å². The van der Waals surface area contributed by atoms with Gasteiger partial charge in [0.05, 0.1) is 4.92 Å². The summed E-state index contributed by atoms with van der Waals surface area (Å²) in [6, 6.07) is 5.23. The number of para-hydroxylation sites is 1. The molecule has 1 aliphatic rings. The van der Waals surface area contributed by atoms with Crippen molar-refractivity contribution in [1.29, 1.82) is 0 Å². The monoisotopic (exact) mass is 318 g/mol. The summed E-state index contributed by atoms with van der Waals surface area (Å²) >= 11 is 2.16. The molecule has 0 atom stereocenters. The first-order valence-electron chi connectivity index (χ1n) is 4.88. The van der Waals surface area contributed by atoms with E-state index in [9.17, 15) is 10.1 Å². The number of rotatable bonds is 2. The lowest BCUT2D eigenvalue weighted by Gasteiger charge is -2.18. The smallest absolute Gasteiger partial charge is 0.293 e. The Labute approximate surface area is 102 Å². The maximum Gasteiger partial charge on any atom is 0.293 e. The van der Waals surface area contributed by atoms with Gasteiger partial charge in [-0.1, -0.05) is 6.07 Å². The highest BCUT2D eigenvalue weighted by Gasteiger charge is 2.23. The van der Waals surface area contributed by atoms with Gasteiger partial charge in [0, 0.05) is 22.7 Å². The molecule has 1 fully saturated rings. The Morgan fingerprint density at radius 1 is 1.33 bits per heavy atom. The molecule has 15 heavy (non-hydrogen) atoms. The molecule has 1 aliphatic heterocycles. The highest BCUT2D eigenvalue weighted by molar-refractivity contribution is 14.1. The van der Waals surface area contributed by atoms with Gasteiger partial charge in [-0.3, -0.25) is 10.1 Å². The number of nitro groups is 1. The molecule has 0 bridgehead atoms. The highest BCUT2D eigenvalue weighted by Crippen LogP contribution is 2.34. The lowest BCUT2D eigenvalue weighted by molar-refractivity contribution is -0.384. The second-order valence-corrected chi connectivity index (χ2v) is 4.72. The minimum Gasteiger partial charge on any atom is -0.365 e. The van der Waals surface area contributed by atoms with Crippen LogP contribution in [0.5, 0.6) is 0 Å². The van der Waals surface area contributed by atoms with Crippen LogP contribution in [0.3, 0.4) is 0 Å². The fraction of sp³-hybridized carbons (Fsp3) is 0.400. The van der Waals surface area contributed by atoms with Gasteiger partial charge in [-0.05, 0) is 41.5 Å². The second kappa shape index (κ2) is 4.34. The van der Waals surface area contributed by atoms with Crippen LogP contribution in [0.1, 0.15) is 12.8 Å². The molecule has 5 heteroatoms. The predicted molar refractivity (Wildman–Crippen MR) is 67.3 cm³/mol. The largest absolute Gasteiger partial charge is 0.365 e. The van der Waals surface area contributed by atoms with Crippen molar-refractivity contribution < 1.29 is 4.92 Å². The number of nitrogens with zero attached hydrogens (tertiary/aromatic N) is 2. The van der Waals surface area contributed by atoms with Crippen LogP contribution >= 0.6 is 22.6 Å². The highest BCUT2D eigenvalue weighted by atomic mass is 127. The number of hydrogen-bond donors (Lipinski definition) is 0. The molecule has 2 rings (SSSR count). The van der Waals surface area contributed by atoms with Crippen LogP contribution < -0.4 is 4.90 Å². The number of anilines is 1. The summed E-state index contributed by atoms with van der Waals surface area (Å²) in [7, 11) is 0. The van der Waals surface area contributed by atoms with E-state index in [0.717, 1.165) is 35.2 Å². The Morgan fingerprint density at radius 2 is 2.00 bits per heavy atom. The molecular weight excluding hydrogens is 307 g/mol. The summed E-state index contributed by atoms with van der Waals surface area (Å²) in [5, 5.41) is 10.9. The second-order valence-electron chi connectivity index (χ2n) is 3.56. The SMILES string of the molecule is O=[N+]([O-])c1cccc(I)c1N1CCCC1. The molecule has 0 unspecified atom stereocenters. The maximum absolute atomic E-state index is 10.9. The third kappa shape index (κ3) is 2.06. The van der Waals surface area contributed by atoms with Crippen LogP contribution in [-0.4, -0.2) is 18.0 Å². The fourth-order valence-corrected chi connectivity index (χ4v) is 2.73. The number of nitro benzene ring substituents is 1. The third-order valence-corrected chi connectivity index (χ3v) is 3.45. The molecular formula is C10H11IN2O2. The molecule has 4 nitrogen and oxygen atoms in total. The maximum atomic E-state index is 10.9. The molecule has 0 saturated carbocycles. The van der Waals surface area contributed by atoms with E-state index < -0.39 is 0 Å². The Morgan fingerprint density at radius 3 is 2.60 bits per heavy atom. The van der Waals surface area contributed by atoms with Crippen LogP contribution in [0, 0.1) is 13.7 Å². The Kier molecular flexibility index (Phi) is 3.08. The van der Waals surface area contributed by atoms with Crippen molar-refractivity contribution >= 4 is 34.0 Å². The van der Waals surface area contributed by atoms with Gasteiger partial charge in [-0.25, -0.2) is 0 Å². The number of hydrogen-bond acceptors (Lipinski definition) is 3. The van der Waals surface area contributed by atoms with Crippen LogP contribution in [0.15, 0.2) is 18.2 Å².